The monoisotopic (exact) mass is 434 g/mol. The second-order valence-electron chi connectivity index (χ2n) is 8.89. The van der Waals surface area contributed by atoms with Crippen molar-refractivity contribution in [3.05, 3.63) is 144 Å². The maximum absolute atomic E-state index is 2.36. The molecule has 1 atom stereocenters. The van der Waals surface area contributed by atoms with E-state index in [0.717, 1.165) is 24.1 Å². The van der Waals surface area contributed by atoms with E-state index in [1.165, 1.54) is 22.3 Å². The third kappa shape index (κ3) is 4.03. The van der Waals surface area contributed by atoms with Crippen molar-refractivity contribution < 1.29 is 4.48 Å². The number of rotatable bonds is 9. The van der Waals surface area contributed by atoms with Crippen LogP contribution < -0.4 is 0 Å². The van der Waals surface area contributed by atoms with E-state index in [0.29, 0.717) is 0 Å². The summed E-state index contributed by atoms with van der Waals surface area (Å²) in [4.78, 5) is 0. The Morgan fingerprint density at radius 2 is 0.788 bits per heavy atom. The van der Waals surface area contributed by atoms with E-state index in [1.54, 1.807) is 0 Å². The van der Waals surface area contributed by atoms with Gasteiger partial charge in [0, 0.05) is 5.56 Å². The molecule has 0 saturated heterocycles. The SMILES string of the molecule is CC[N+](CC)(CC)C(c1ccccc1)C(c1ccccc1)(c1ccccc1)c1ccccc1. The molecule has 0 spiro atoms. The number of likely N-dealkylation sites (N-methyl/N-ethyl adjacent to an activating group) is 1. The number of quaternary nitrogens is 1. The fraction of sp³-hybridized carbons (Fsp3) is 0.250. The van der Waals surface area contributed by atoms with Gasteiger partial charge < -0.3 is 4.48 Å². The Bertz CT molecular complexity index is 995. The molecular weight excluding hydrogens is 398 g/mol. The molecule has 0 saturated carbocycles. The zero-order chi connectivity index (χ0) is 23.2. The van der Waals surface area contributed by atoms with Crippen LogP contribution in [-0.4, -0.2) is 24.1 Å². The highest BCUT2D eigenvalue weighted by molar-refractivity contribution is 5.53. The predicted octanol–water partition coefficient (Wildman–Crippen LogP) is 7.64. The van der Waals surface area contributed by atoms with E-state index in [9.17, 15) is 0 Å². The first-order valence-corrected chi connectivity index (χ1v) is 12.3. The Morgan fingerprint density at radius 3 is 1.09 bits per heavy atom. The van der Waals surface area contributed by atoms with Gasteiger partial charge in [0.1, 0.15) is 11.5 Å². The quantitative estimate of drug-likeness (QED) is 0.187. The van der Waals surface area contributed by atoms with E-state index in [1.807, 2.05) is 0 Å². The molecule has 0 heterocycles. The van der Waals surface area contributed by atoms with Crippen LogP contribution in [0, 0.1) is 0 Å². The van der Waals surface area contributed by atoms with Crippen molar-refractivity contribution in [3.63, 3.8) is 0 Å². The standard InChI is InChI=1S/C32H36N/c1-4-33(5-2,6-3)31(27-19-11-7-12-20-27)32(28-21-13-8-14-22-28,29-23-15-9-16-24-29)30-25-17-10-18-26-30/h7-26,31H,4-6H2,1-3H3/q+1. The Labute approximate surface area is 199 Å². The zero-order valence-corrected chi connectivity index (χ0v) is 20.2. The van der Waals surface area contributed by atoms with Crippen LogP contribution in [0.3, 0.4) is 0 Å². The molecule has 4 rings (SSSR count). The van der Waals surface area contributed by atoms with Gasteiger partial charge >= 0.3 is 0 Å². The van der Waals surface area contributed by atoms with Gasteiger partial charge in [-0.05, 0) is 37.5 Å². The van der Waals surface area contributed by atoms with Gasteiger partial charge in [-0.15, -0.1) is 0 Å². The minimum Gasteiger partial charge on any atom is -0.317 e. The molecule has 0 aliphatic rings. The minimum absolute atomic E-state index is 0.214. The zero-order valence-electron chi connectivity index (χ0n) is 20.2. The Hall–Kier alpha value is -3.16. The Balaban J connectivity index is 2.21. The molecule has 4 aromatic rings. The lowest BCUT2D eigenvalue weighted by atomic mass is 9.61. The number of nitrogens with zero attached hydrogens (tertiary/aromatic N) is 1. The molecule has 33 heavy (non-hydrogen) atoms. The van der Waals surface area contributed by atoms with Crippen LogP contribution in [0.2, 0.25) is 0 Å². The van der Waals surface area contributed by atoms with E-state index in [-0.39, 0.29) is 11.5 Å². The van der Waals surface area contributed by atoms with E-state index in [2.05, 4.69) is 142 Å². The number of hydrogen-bond acceptors (Lipinski definition) is 0. The van der Waals surface area contributed by atoms with Crippen molar-refractivity contribution in [2.45, 2.75) is 32.2 Å². The van der Waals surface area contributed by atoms with Gasteiger partial charge in [0.05, 0.1) is 19.6 Å². The van der Waals surface area contributed by atoms with Crippen LogP contribution in [0.15, 0.2) is 121 Å². The second kappa shape index (κ2) is 10.2. The third-order valence-corrected chi connectivity index (χ3v) is 7.65. The average Bonchev–Trinajstić information content (AvgIpc) is 2.91. The van der Waals surface area contributed by atoms with Gasteiger partial charge in [-0.2, -0.15) is 0 Å². The highest BCUT2D eigenvalue weighted by Crippen LogP contribution is 2.53. The molecule has 0 aromatic heterocycles. The van der Waals surface area contributed by atoms with E-state index < -0.39 is 0 Å². The lowest BCUT2D eigenvalue weighted by Gasteiger charge is -2.53. The molecule has 168 valence electrons. The fourth-order valence-corrected chi connectivity index (χ4v) is 5.91. The van der Waals surface area contributed by atoms with Crippen molar-refractivity contribution >= 4 is 0 Å². The molecular formula is C32H36N+. The lowest BCUT2D eigenvalue weighted by Crippen LogP contribution is -2.58. The van der Waals surface area contributed by atoms with Gasteiger partial charge in [0.2, 0.25) is 0 Å². The Morgan fingerprint density at radius 1 is 0.485 bits per heavy atom. The first kappa shape index (κ1) is 23.0. The van der Waals surface area contributed by atoms with Gasteiger partial charge in [-0.25, -0.2) is 0 Å². The maximum Gasteiger partial charge on any atom is 0.133 e. The molecule has 4 aromatic carbocycles. The first-order chi connectivity index (χ1) is 16.2. The smallest absolute Gasteiger partial charge is 0.133 e. The van der Waals surface area contributed by atoms with Gasteiger partial charge in [-0.1, -0.05) is 121 Å². The molecule has 0 radical (unpaired) electrons. The van der Waals surface area contributed by atoms with Crippen LogP contribution in [0.25, 0.3) is 0 Å². The summed E-state index contributed by atoms with van der Waals surface area (Å²) in [5.74, 6) is 0. The highest BCUT2D eigenvalue weighted by atomic mass is 15.4. The van der Waals surface area contributed by atoms with Crippen molar-refractivity contribution in [2.75, 3.05) is 19.6 Å². The lowest BCUT2D eigenvalue weighted by molar-refractivity contribution is -0.956. The Kier molecular flexibility index (Phi) is 7.11. The first-order valence-electron chi connectivity index (χ1n) is 12.3. The van der Waals surface area contributed by atoms with Crippen LogP contribution in [0.1, 0.15) is 49.1 Å². The number of benzene rings is 4. The summed E-state index contributed by atoms with van der Waals surface area (Å²) in [7, 11) is 0. The molecule has 1 nitrogen and oxygen atoms in total. The third-order valence-electron chi connectivity index (χ3n) is 7.65. The van der Waals surface area contributed by atoms with Crippen molar-refractivity contribution in [2.24, 2.45) is 0 Å². The fourth-order valence-electron chi connectivity index (χ4n) is 5.91. The summed E-state index contributed by atoms with van der Waals surface area (Å²) < 4.78 is 1.00. The summed E-state index contributed by atoms with van der Waals surface area (Å²) >= 11 is 0. The topological polar surface area (TPSA) is 0 Å². The van der Waals surface area contributed by atoms with Gasteiger partial charge in [0.15, 0.2) is 0 Å². The molecule has 1 unspecified atom stereocenters. The van der Waals surface area contributed by atoms with Gasteiger partial charge in [0.25, 0.3) is 0 Å². The summed E-state index contributed by atoms with van der Waals surface area (Å²) in [5.41, 5.74) is 5.07. The maximum atomic E-state index is 2.36. The molecule has 1 heteroatoms. The van der Waals surface area contributed by atoms with Crippen LogP contribution in [0.5, 0.6) is 0 Å². The van der Waals surface area contributed by atoms with Crippen molar-refractivity contribution in [1.82, 2.24) is 0 Å². The van der Waals surface area contributed by atoms with Crippen LogP contribution >= 0.6 is 0 Å². The largest absolute Gasteiger partial charge is 0.317 e. The average molecular weight is 435 g/mol. The molecule has 0 amide bonds. The van der Waals surface area contributed by atoms with E-state index >= 15 is 0 Å². The summed E-state index contributed by atoms with van der Waals surface area (Å²) in [6.07, 6.45) is 0. The van der Waals surface area contributed by atoms with Crippen LogP contribution in [0.4, 0.5) is 0 Å². The molecule has 0 fully saturated rings. The minimum atomic E-state index is -0.340. The molecule has 0 aliphatic carbocycles. The molecule has 0 aliphatic heterocycles. The summed E-state index contributed by atoms with van der Waals surface area (Å²) in [6, 6.07) is 44.9. The van der Waals surface area contributed by atoms with E-state index in [4.69, 9.17) is 0 Å². The molecule has 0 bridgehead atoms. The normalized spacial score (nSPS) is 12.9. The number of hydrogen-bond donors (Lipinski definition) is 0. The van der Waals surface area contributed by atoms with Crippen molar-refractivity contribution in [1.29, 1.82) is 0 Å². The predicted molar refractivity (Wildman–Crippen MR) is 140 cm³/mol. The summed E-state index contributed by atoms with van der Waals surface area (Å²) in [6.45, 7) is 10.3. The molecule has 0 N–H and O–H groups in total. The second-order valence-corrected chi connectivity index (χ2v) is 8.89. The van der Waals surface area contributed by atoms with Gasteiger partial charge in [-0.3, -0.25) is 0 Å². The van der Waals surface area contributed by atoms with Crippen molar-refractivity contribution in [3.8, 4) is 0 Å². The summed E-state index contributed by atoms with van der Waals surface area (Å²) in [5, 5.41) is 0. The highest BCUT2D eigenvalue weighted by Gasteiger charge is 2.53. The van der Waals surface area contributed by atoms with Crippen LogP contribution in [-0.2, 0) is 5.41 Å².